The number of ether oxygens (including phenoxy) is 1. The van der Waals surface area contributed by atoms with Crippen LogP contribution in [0, 0.1) is 17.1 Å². The summed E-state index contributed by atoms with van der Waals surface area (Å²) in [6, 6.07) is 12.1. The molecule has 1 fully saturated rings. The fourth-order valence-electron chi connectivity index (χ4n) is 4.20. The molecule has 0 radical (unpaired) electrons. The molecule has 35 heavy (non-hydrogen) atoms. The van der Waals surface area contributed by atoms with E-state index in [2.05, 4.69) is 16.7 Å². The molecule has 0 bridgehead atoms. The zero-order chi connectivity index (χ0) is 24.5. The van der Waals surface area contributed by atoms with Crippen LogP contribution in [0.2, 0.25) is 0 Å². The highest BCUT2D eigenvalue weighted by molar-refractivity contribution is 7.19. The van der Waals surface area contributed by atoms with Crippen molar-refractivity contribution in [3.8, 4) is 17.2 Å². The van der Waals surface area contributed by atoms with Gasteiger partial charge in [0.1, 0.15) is 18.0 Å². The molecule has 1 amide bonds. The number of carbonyl (C=O) groups excluding carboxylic acids is 1. The van der Waals surface area contributed by atoms with Gasteiger partial charge in [-0.25, -0.2) is 9.18 Å². The van der Waals surface area contributed by atoms with Gasteiger partial charge in [0, 0.05) is 41.6 Å². The van der Waals surface area contributed by atoms with E-state index in [0.717, 1.165) is 28.8 Å². The lowest BCUT2D eigenvalue weighted by atomic mass is 10.0. The molecule has 4 aromatic rings. The van der Waals surface area contributed by atoms with Crippen LogP contribution >= 0.6 is 11.3 Å². The summed E-state index contributed by atoms with van der Waals surface area (Å²) in [7, 11) is 1.63. The molecule has 1 aliphatic rings. The molecule has 0 aliphatic carbocycles. The van der Waals surface area contributed by atoms with E-state index in [4.69, 9.17) is 9.15 Å². The van der Waals surface area contributed by atoms with Gasteiger partial charge in [-0.05, 0) is 48.4 Å². The topological polar surface area (TPSA) is 109 Å². The Morgan fingerprint density at radius 3 is 2.97 bits per heavy atom. The summed E-state index contributed by atoms with van der Waals surface area (Å²) in [4.78, 5) is 24.7. The van der Waals surface area contributed by atoms with E-state index in [9.17, 15) is 14.9 Å². The number of nitriles is 1. The van der Waals surface area contributed by atoms with Crippen LogP contribution in [-0.2, 0) is 23.0 Å². The van der Waals surface area contributed by atoms with Crippen molar-refractivity contribution in [3.05, 3.63) is 57.6 Å². The number of aryl methyl sites for hydroxylation is 1. The Kier molecular flexibility index (Phi) is 6.38. The highest BCUT2D eigenvalue weighted by atomic mass is 32.1. The molecule has 1 saturated heterocycles. The van der Waals surface area contributed by atoms with Gasteiger partial charge in [0.2, 0.25) is 0 Å². The lowest BCUT2D eigenvalue weighted by Gasteiger charge is -2.17. The standard InChI is InChI=1S/C25H23FN4O4S/c1-30-18-10-15(3-5-19(18)34-25(30)32)14-4-6-21-17(9-14)23(26)22(35-21)11-16(12-27)29-24(31)20-13-28-7-2-8-33-20/h3-6,9-10,16,20,28H,2,7-8,11,13H2,1H3,(H,29,31)/t16-,20-/m0/s1. The fourth-order valence-corrected chi connectivity index (χ4v) is 5.31. The fraction of sp³-hybridized carbons (Fsp3) is 0.320. The molecule has 8 nitrogen and oxygen atoms in total. The summed E-state index contributed by atoms with van der Waals surface area (Å²) < 4.78 is 28.3. The summed E-state index contributed by atoms with van der Waals surface area (Å²) in [5, 5.41) is 15.8. The van der Waals surface area contributed by atoms with Gasteiger partial charge < -0.3 is 19.8 Å². The zero-order valence-corrected chi connectivity index (χ0v) is 19.8. The maximum Gasteiger partial charge on any atom is 0.419 e. The van der Waals surface area contributed by atoms with E-state index in [1.165, 1.54) is 15.9 Å². The van der Waals surface area contributed by atoms with Crippen LogP contribution in [0.15, 0.2) is 45.6 Å². The van der Waals surface area contributed by atoms with Crippen LogP contribution in [0.5, 0.6) is 0 Å². The molecule has 5 rings (SSSR count). The summed E-state index contributed by atoms with van der Waals surface area (Å²) in [5.74, 6) is -1.22. The van der Waals surface area contributed by atoms with Gasteiger partial charge in [0.15, 0.2) is 5.58 Å². The second-order valence-corrected chi connectivity index (χ2v) is 9.61. The number of nitrogens with zero attached hydrogens (tertiary/aromatic N) is 2. The number of thiophene rings is 1. The highest BCUT2D eigenvalue weighted by Crippen LogP contribution is 2.34. The Hall–Kier alpha value is -3.52. The van der Waals surface area contributed by atoms with Crippen molar-refractivity contribution in [2.75, 3.05) is 19.7 Å². The van der Waals surface area contributed by atoms with Crippen molar-refractivity contribution in [2.24, 2.45) is 7.05 Å². The predicted octanol–water partition coefficient (Wildman–Crippen LogP) is 3.08. The summed E-state index contributed by atoms with van der Waals surface area (Å²) in [6.45, 7) is 1.62. The predicted molar refractivity (Wildman–Crippen MR) is 131 cm³/mol. The van der Waals surface area contributed by atoms with E-state index < -0.39 is 23.7 Å². The molecule has 2 aromatic carbocycles. The lowest BCUT2D eigenvalue weighted by Crippen LogP contribution is -2.46. The minimum Gasteiger partial charge on any atom is -0.408 e. The van der Waals surface area contributed by atoms with Crippen molar-refractivity contribution in [2.45, 2.75) is 25.0 Å². The maximum absolute atomic E-state index is 15.4. The highest BCUT2D eigenvalue weighted by Gasteiger charge is 2.25. The molecule has 0 saturated carbocycles. The van der Waals surface area contributed by atoms with Gasteiger partial charge in [-0.2, -0.15) is 5.26 Å². The number of aromatic nitrogens is 1. The quantitative estimate of drug-likeness (QED) is 0.441. The molecular formula is C25H23FN4O4S. The Morgan fingerprint density at radius 1 is 1.34 bits per heavy atom. The van der Waals surface area contributed by atoms with Gasteiger partial charge in [-0.3, -0.25) is 9.36 Å². The SMILES string of the molecule is Cn1c(=O)oc2ccc(-c3ccc4sc(C[C@@H](C#N)NC(=O)[C@@H]5CNCCCO5)c(F)c4c3)cc21. The molecule has 180 valence electrons. The van der Waals surface area contributed by atoms with Gasteiger partial charge in [0.25, 0.3) is 5.91 Å². The smallest absolute Gasteiger partial charge is 0.408 e. The van der Waals surface area contributed by atoms with E-state index >= 15 is 4.39 Å². The zero-order valence-electron chi connectivity index (χ0n) is 19.0. The van der Waals surface area contributed by atoms with Crippen LogP contribution in [0.25, 0.3) is 32.3 Å². The maximum atomic E-state index is 15.4. The second kappa shape index (κ2) is 9.62. The first-order chi connectivity index (χ1) is 16.9. The average Bonchev–Trinajstić information content (AvgIpc) is 3.17. The first-order valence-electron chi connectivity index (χ1n) is 11.3. The number of fused-ring (bicyclic) bond motifs is 2. The Balaban J connectivity index is 1.38. The molecule has 2 atom stereocenters. The van der Waals surface area contributed by atoms with E-state index in [1.54, 1.807) is 19.2 Å². The summed E-state index contributed by atoms with van der Waals surface area (Å²) in [6.07, 6.45) is 0.204. The monoisotopic (exact) mass is 494 g/mol. The number of hydrogen-bond donors (Lipinski definition) is 2. The number of benzene rings is 2. The molecule has 1 aliphatic heterocycles. The van der Waals surface area contributed by atoms with Gasteiger partial charge in [0.05, 0.1) is 11.6 Å². The van der Waals surface area contributed by atoms with Crippen molar-refractivity contribution < 1.29 is 18.3 Å². The Bertz CT molecular complexity index is 1510. The number of amides is 1. The first kappa shape index (κ1) is 23.2. The van der Waals surface area contributed by atoms with E-state index in [0.29, 0.717) is 34.5 Å². The third-order valence-electron chi connectivity index (χ3n) is 6.12. The molecule has 3 heterocycles. The lowest BCUT2D eigenvalue weighted by molar-refractivity contribution is -0.132. The summed E-state index contributed by atoms with van der Waals surface area (Å²) in [5.41, 5.74) is 2.75. The molecular weight excluding hydrogens is 471 g/mol. The normalized spacial score (nSPS) is 17.2. The van der Waals surface area contributed by atoms with Crippen LogP contribution in [0.3, 0.4) is 0 Å². The Morgan fingerprint density at radius 2 is 2.14 bits per heavy atom. The minimum absolute atomic E-state index is 0.0615. The van der Waals surface area contributed by atoms with Crippen molar-refractivity contribution in [1.29, 1.82) is 5.26 Å². The van der Waals surface area contributed by atoms with Crippen LogP contribution in [-0.4, -0.2) is 42.3 Å². The van der Waals surface area contributed by atoms with Crippen LogP contribution in [0.1, 0.15) is 11.3 Å². The van der Waals surface area contributed by atoms with Gasteiger partial charge >= 0.3 is 5.76 Å². The molecule has 0 spiro atoms. The summed E-state index contributed by atoms with van der Waals surface area (Å²) >= 11 is 1.26. The molecule has 10 heteroatoms. The number of carbonyl (C=O) groups is 1. The first-order valence-corrected chi connectivity index (χ1v) is 12.1. The van der Waals surface area contributed by atoms with Crippen molar-refractivity contribution >= 4 is 38.4 Å². The second-order valence-electron chi connectivity index (χ2n) is 8.47. The van der Waals surface area contributed by atoms with Crippen LogP contribution < -0.4 is 16.4 Å². The largest absolute Gasteiger partial charge is 0.419 e. The third kappa shape index (κ3) is 4.58. The van der Waals surface area contributed by atoms with Crippen molar-refractivity contribution in [3.63, 3.8) is 0 Å². The van der Waals surface area contributed by atoms with Gasteiger partial charge in [-0.1, -0.05) is 12.1 Å². The number of hydrogen-bond acceptors (Lipinski definition) is 7. The molecule has 0 unspecified atom stereocenters. The number of rotatable bonds is 5. The molecule has 2 aromatic heterocycles. The van der Waals surface area contributed by atoms with Crippen molar-refractivity contribution in [1.82, 2.24) is 15.2 Å². The third-order valence-corrected chi connectivity index (χ3v) is 7.29. The number of oxazole rings is 1. The number of halogens is 1. The Labute approximate surface area is 203 Å². The molecule has 2 N–H and O–H groups in total. The van der Waals surface area contributed by atoms with E-state index in [1.807, 2.05) is 24.3 Å². The number of nitrogens with one attached hydrogen (secondary N) is 2. The van der Waals surface area contributed by atoms with Crippen LogP contribution in [0.4, 0.5) is 4.39 Å². The van der Waals surface area contributed by atoms with E-state index in [-0.39, 0.29) is 12.3 Å². The average molecular weight is 495 g/mol. The van der Waals surface area contributed by atoms with Gasteiger partial charge in [-0.15, -0.1) is 11.3 Å². The minimum atomic E-state index is -0.874.